The average molecular weight is 380 g/mol. The lowest BCUT2D eigenvalue weighted by Crippen LogP contribution is -2.29. The standard InChI is InChI=1S/C14H15F3N2O3S2/c1-10-13(23-9-18-10)6-7-19(2)24(20,21)12-5-3-4-11(8-12)22-14(15,16)17/h3-5,8-9H,6-7H2,1-2H3. The van der Waals surface area contributed by atoms with Crippen molar-refractivity contribution in [2.75, 3.05) is 13.6 Å². The molecule has 0 bridgehead atoms. The summed E-state index contributed by atoms with van der Waals surface area (Å²) in [6, 6.07) is 4.34. The number of sulfonamides is 1. The number of alkyl halides is 3. The lowest BCUT2D eigenvalue weighted by atomic mass is 10.3. The van der Waals surface area contributed by atoms with Crippen LogP contribution >= 0.6 is 11.3 Å². The van der Waals surface area contributed by atoms with Gasteiger partial charge in [-0.3, -0.25) is 0 Å². The molecule has 1 heterocycles. The second kappa shape index (κ2) is 7.08. The van der Waals surface area contributed by atoms with Gasteiger partial charge in [-0.05, 0) is 25.5 Å². The van der Waals surface area contributed by atoms with E-state index in [2.05, 4.69) is 9.72 Å². The highest BCUT2D eigenvalue weighted by atomic mass is 32.2. The summed E-state index contributed by atoms with van der Waals surface area (Å²) in [5, 5.41) is 0. The molecule has 0 radical (unpaired) electrons. The Morgan fingerprint density at radius 1 is 1.33 bits per heavy atom. The Hall–Kier alpha value is -1.65. The third kappa shape index (κ3) is 4.68. The first kappa shape index (κ1) is 18.7. The molecule has 0 spiro atoms. The Labute approximate surface area is 141 Å². The van der Waals surface area contributed by atoms with Crippen molar-refractivity contribution in [2.24, 2.45) is 0 Å². The first-order chi connectivity index (χ1) is 11.1. The minimum Gasteiger partial charge on any atom is -0.406 e. The molecule has 2 rings (SSSR count). The van der Waals surface area contributed by atoms with E-state index in [-0.39, 0.29) is 11.4 Å². The molecule has 0 saturated heterocycles. The molecule has 24 heavy (non-hydrogen) atoms. The maximum absolute atomic E-state index is 12.5. The van der Waals surface area contributed by atoms with Crippen molar-refractivity contribution in [2.45, 2.75) is 24.6 Å². The number of halogens is 3. The van der Waals surface area contributed by atoms with Crippen LogP contribution in [-0.4, -0.2) is 37.7 Å². The van der Waals surface area contributed by atoms with Gasteiger partial charge in [0, 0.05) is 24.5 Å². The Bertz CT molecular complexity index is 804. The number of aryl methyl sites for hydroxylation is 1. The van der Waals surface area contributed by atoms with Crippen LogP contribution in [0.15, 0.2) is 34.7 Å². The van der Waals surface area contributed by atoms with Crippen molar-refractivity contribution in [3.8, 4) is 5.75 Å². The van der Waals surface area contributed by atoms with Gasteiger partial charge in [-0.2, -0.15) is 0 Å². The van der Waals surface area contributed by atoms with E-state index >= 15 is 0 Å². The first-order valence-corrected chi connectivity index (χ1v) is 9.12. The van der Waals surface area contributed by atoms with Crippen LogP contribution in [0, 0.1) is 6.92 Å². The van der Waals surface area contributed by atoms with Crippen molar-refractivity contribution in [1.82, 2.24) is 9.29 Å². The highest BCUT2D eigenvalue weighted by Gasteiger charge is 2.31. The van der Waals surface area contributed by atoms with Gasteiger partial charge in [0.25, 0.3) is 0 Å². The molecule has 1 aromatic heterocycles. The maximum Gasteiger partial charge on any atom is 0.573 e. The molecular weight excluding hydrogens is 365 g/mol. The number of ether oxygens (including phenoxy) is 1. The van der Waals surface area contributed by atoms with E-state index in [1.807, 2.05) is 6.92 Å². The van der Waals surface area contributed by atoms with Crippen LogP contribution < -0.4 is 4.74 Å². The van der Waals surface area contributed by atoms with E-state index in [1.54, 1.807) is 5.51 Å². The zero-order valence-electron chi connectivity index (χ0n) is 12.9. The summed E-state index contributed by atoms with van der Waals surface area (Å²) in [6.07, 6.45) is -4.40. The van der Waals surface area contributed by atoms with Crippen LogP contribution in [0.2, 0.25) is 0 Å². The summed E-state index contributed by atoms with van der Waals surface area (Å²) in [6.45, 7) is 2.02. The largest absolute Gasteiger partial charge is 0.573 e. The Balaban J connectivity index is 2.14. The third-order valence-electron chi connectivity index (χ3n) is 3.25. The van der Waals surface area contributed by atoms with Crippen LogP contribution in [0.1, 0.15) is 10.6 Å². The minimum atomic E-state index is -4.88. The van der Waals surface area contributed by atoms with Crippen molar-refractivity contribution in [1.29, 1.82) is 0 Å². The number of hydrogen-bond acceptors (Lipinski definition) is 5. The molecular formula is C14H15F3N2O3S2. The summed E-state index contributed by atoms with van der Waals surface area (Å²) in [5.41, 5.74) is 2.52. The van der Waals surface area contributed by atoms with E-state index in [1.165, 1.54) is 30.5 Å². The maximum atomic E-state index is 12.5. The Morgan fingerprint density at radius 3 is 2.62 bits per heavy atom. The molecule has 10 heteroatoms. The fourth-order valence-corrected chi connectivity index (χ4v) is 3.93. The number of benzene rings is 1. The summed E-state index contributed by atoms with van der Waals surface area (Å²) < 4.78 is 66.6. The van der Waals surface area contributed by atoms with Gasteiger partial charge >= 0.3 is 6.36 Å². The van der Waals surface area contributed by atoms with Crippen LogP contribution in [0.25, 0.3) is 0 Å². The number of rotatable bonds is 6. The van der Waals surface area contributed by atoms with Gasteiger partial charge in [0.05, 0.1) is 16.1 Å². The topological polar surface area (TPSA) is 59.5 Å². The van der Waals surface area contributed by atoms with Gasteiger partial charge < -0.3 is 4.74 Å². The normalized spacial score (nSPS) is 12.6. The Morgan fingerprint density at radius 2 is 2.04 bits per heavy atom. The molecule has 0 aliphatic heterocycles. The number of aromatic nitrogens is 1. The van der Waals surface area contributed by atoms with Crippen LogP contribution in [0.5, 0.6) is 5.75 Å². The molecule has 2 aromatic rings. The molecule has 1 aromatic carbocycles. The number of nitrogens with zero attached hydrogens (tertiary/aromatic N) is 2. The fraction of sp³-hybridized carbons (Fsp3) is 0.357. The molecule has 0 atom stereocenters. The summed E-state index contributed by atoms with van der Waals surface area (Å²) in [4.78, 5) is 4.80. The van der Waals surface area contributed by atoms with Gasteiger partial charge in [0.1, 0.15) is 5.75 Å². The molecule has 132 valence electrons. The number of hydrogen-bond donors (Lipinski definition) is 0. The molecule has 0 aliphatic carbocycles. The second-order valence-corrected chi connectivity index (χ2v) is 7.94. The van der Waals surface area contributed by atoms with Crippen molar-refractivity contribution in [3.05, 3.63) is 40.3 Å². The second-order valence-electron chi connectivity index (χ2n) is 4.96. The first-order valence-electron chi connectivity index (χ1n) is 6.81. The quantitative estimate of drug-likeness (QED) is 0.772. The lowest BCUT2D eigenvalue weighted by molar-refractivity contribution is -0.274. The van der Waals surface area contributed by atoms with Crippen LogP contribution in [0.4, 0.5) is 13.2 Å². The fourth-order valence-electron chi connectivity index (χ4n) is 1.96. The van der Waals surface area contributed by atoms with E-state index in [4.69, 9.17) is 0 Å². The molecule has 0 N–H and O–H groups in total. The zero-order chi connectivity index (χ0) is 18.0. The summed E-state index contributed by atoms with van der Waals surface area (Å²) in [5.74, 6) is -0.574. The molecule has 5 nitrogen and oxygen atoms in total. The molecule has 0 fully saturated rings. The predicted octanol–water partition coefficient (Wildman–Crippen LogP) is 3.21. The summed E-state index contributed by atoms with van der Waals surface area (Å²) >= 11 is 1.43. The average Bonchev–Trinajstić information content (AvgIpc) is 2.88. The van der Waals surface area contributed by atoms with Gasteiger partial charge in [-0.25, -0.2) is 17.7 Å². The molecule has 0 amide bonds. The van der Waals surface area contributed by atoms with Crippen LogP contribution in [-0.2, 0) is 16.4 Å². The van der Waals surface area contributed by atoms with Gasteiger partial charge in [0.2, 0.25) is 10.0 Å². The van der Waals surface area contributed by atoms with E-state index < -0.39 is 22.1 Å². The zero-order valence-corrected chi connectivity index (χ0v) is 14.5. The SMILES string of the molecule is Cc1ncsc1CCN(C)S(=O)(=O)c1cccc(OC(F)(F)F)c1. The smallest absolute Gasteiger partial charge is 0.406 e. The van der Waals surface area contributed by atoms with E-state index in [0.29, 0.717) is 6.42 Å². The highest BCUT2D eigenvalue weighted by Crippen LogP contribution is 2.26. The Kier molecular flexibility index (Phi) is 5.51. The van der Waals surface area contributed by atoms with E-state index in [9.17, 15) is 21.6 Å². The third-order valence-corrected chi connectivity index (χ3v) is 6.09. The number of thiazole rings is 1. The molecule has 0 unspecified atom stereocenters. The van der Waals surface area contributed by atoms with Gasteiger partial charge in [0.15, 0.2) is 0 Å². The van der Waals surface area contributed by atoms with Crippen molar-refractivity contribution >= 4 is 21.4 Å². The lowest BCUT2D eigenvalue weighted by Gasteiger charge is -2.17. The van der Waals surface area contributed by atoms with Gasteiger partial charge in [-0.15, -0.1) is 24.5 Å². The summed E-state index contributed by atoms with van der Waals surface area (Å²) in [7, 11) is -2.53. The van der Waals surface area contributed by atoms with Gasteiger partial charge in [-0.1, -0.05) is 6.07 Å². The predicted molar refractivity (Wildman–Crippen MR) is 83.5 cm³/mol. The van der Waals surface area contributed by atoms with Crippen molar-refractivity contribution < 1.29 is 26.3 Å². The van der Waals surface area contributed by atoms with E-state index in [0.717, 1.165) is 27.0 Å². The van der Waals surface area contributed by atoms with Crippen molar-refractivity contribution in [3.63, 3.8) is 0 Å². The number of likely N-dealkylation sites (N-methyl/N-ethyl adjacent to an activating group) is 1. The molecule has 0 saturated carbocycles. The minimum absolute atomic E-state index is 0.190. The monoisotopic (exact) mass is 380 g/mol. The van der Waals surface area contributed by atoms with Crippen LogP contribution in [0.3, 0.4) is 0 Å². The molecule has 0 aliphatic rings. The highest BCUT2D eigenvalue weighted by molar-refractivity contribution is 7.89.